The van der Waals surface area contributed by atoms with Crippen LogP contribution in [0.2, 0.25) is 0 Å². The number of anilines is 1. The van der Waals surface area contributed by atoms with Gasteiger partial charge >= 0.3 is 0 Å². The van der Waals surface area contributed by atoms with Crippen LogP contribution < -0.4 is 5.32 Å². The standard InChI is InChI=1S/C15H12Br2N2O3S/c16-12-6-11(19(21)22)7-13(17)15(12)18-14(20)9-23-8-10-4-2-1-3-5-10/h1-7H,8-9H2,(H,18,20). The zero-order valence-corrected chi connectivity index (χ0v) is 15.8. The van der Waals surface area contributed by atoms with Gasteiger partial charge in [-0.3, -0.25) is 14.9 Å². The van der Waals surface area contributed by atoms with Gasteiger partial charge in [0.1, 0.15) is 0 Å². The summed E-state index contributed by atoms with van der Waals surface area (Å²) < 4.78 is 0.917. The largest absolute Gasteiger partial charge is 0.323 e. The Hall–Kier alpha value is -1.38. The lowest BCUT2D eigenvalue weighted by Crippen LogP contribution is -2.15. The van der Waals surface area contributed by atoms with E-state index in [4.69, 9.17) is 0 Å². The fourth-order valence-electron chi connectivity index (χ4n) is 1.80. The van der Waals surface area contributed by atoms with E-state index in [1.54, 1.807) is 0 Å². The molecule has 0 aliphatic rings. The summed E-state index contributed by atoms with van der Waals surface area (Å²) in [6.07, 6.45) is 0. The number of thioether (sulfide) groups is 1. The van der Waals surface area contributed by atoms with Crippen molar-refractivity contribution >= 4 is 60.9 Å². The molecule has 0 radical (unpaired) electrons. The first-order chi connectivity index (χ1) is 11.0. The second-order valence-corrected chi connectivity index (χ2v) is 7.26. The highest BCUT2D eigenvalue weighted by atomic mass is 79.9. The van der Waals surface area contributed by atoms with Gasteiger partial charge in [-0.05, 0) is 37.4 Å². The highest BCUT2D eigenvalue weighted by Gasteiger charge is 2.15. The van der Waals surface area contributed by atoms with Crippen molar-refractivity contribution in [2.24, 2.45) is 0 Å². The summed E-state index contributed by atoms with van der Waals surface area (Å²) >= 11 is 7.99. The van der Waals surface area contributed by atoms with Crippen molar-refractivity contribution in [3.63, 3.8) is 0 Å². The topological polar surface area (TPSA) is 72.2 Å². The summed E-state index contributed by atoms with van der Waals surface area (Å²) in [7, 11) is 0. The van der Waals surface area contributed by atoms with E-state index in [1.165, 1.54) is 23.9 Å². The molecule has 0 aromatic heterocycles. The third-order valence-corrected chi connectivity index (χ3v) is 5.10. The van der Waals surface area contributed by atoms with Gasteiger partial charge in [0, 0.05) is 26.8 Å². The molecule has 0 spiro atoms. The van der Waals surface area contributed by atoms with E-state index in [9.17, 15) is 14.9 Å². The van der Waals surface area contributed by atoms with Crippen molar-refractivity contribution in [2.75, 3.05) is 11.1 Å². The predicted octanol–water partition coefficient (Wildman–Crippen LogP) is 4.99. The first kappa shape index (κ1) is 18.0. The molecule has 0 saturated carbocycles. The fourth-order valence-corrected chi connectivity index (χ4v) is 3.94. The molecule has 2 rings (SSSR count). The van der Waals surface area contributed by atoms with Gasteiger partial charge < -0.3 is 5.32 Å². The van der Waals surface area contributed by atoms with Crippen LogP contribution in [0.5, 0.6) is 0 Å². The minimum absolute atomic E-state index is 0.0554. The Balaban J connectivity index is 1.94. The van der Waals surface area contributed by atoms with E-state index in [0.29, 0.717) is 20.4 Å². The van der Waals surface area contributed by atoms with Crippen LogP contribution in [-0.4, -0.2) is 16.6 Å². The zero-order chi connectivity index (χ0) is 16.8. The number of rotatable bonds is 6. The molecule has 120 valence electrons. The molecule has 5 nitrogen and oxygen atoms in total. The molecule has 8 heteroatoms. The first-order valence-corrected chi connectivity index (χ1v) is 9.26. The van der Waals surface area contributed by atoms with E-state index in [2.05, 4.69) is 37.2 Å². The summed E-state index contributed by atoms with van der Waals surface area (Å²) in [5.74, 6) is 0.878. The molecule has 1 N–H and O–H groups in total. The molecule has 0 bridgehead atoms. The maximum atomic E-state index is 12.0. The van der Waals surface area contributed by atoms with E-state index in [0.717, 1.165) is 11.3 Å². The van der Waals surface area contributed by atoms with Gasteiger partial charge in [0.2, 0.25) is 5.91 Å². The Kier molecular flexibility index (Phi) is 6.61. The Morgan fingerprint density at radius 2 is 1.78 bits per heavy atom. The van der Waals surface area contributed by atoms with Crippen LogP contribution in [0.15, 0.2) is 51.4 Å². The number of nitrogens with zero attached hydrogens (tertiary/aromatic N) is 1. The van der Waals surface area contributed by atoms with Gasteiger partial charge in [-0.15, -0.1) is 11.8 Å². The number of nitro benzene ring substituents is 1. The fraction of sp³-hybridized carbons (Fsp3) is 0.133. The SMILES string of the molecule is O=C(CSCc1ccccc1)Nc1c(Br)cc([N+](=O)[O-])cc1Br. The van der Waals surface area contributed by atoms with Crippen molar-refractivity contribution in [1.82, 2.24) is 0 Å². The van der Waals surface area contributed by atoms with Crippen LogP contribution in [0.4, 0.5) is 11.4 Å². The molecule has 0 aliphatic carbocycles. The third-order valence-electron chi connectivity index (χ3n) is 2.85. The van der Waals surface area contributed by atoms with Gasteiger partial charge in [-0.2, -0.15) is 0 Å². The average molecular weight is 460 g/mol. The molecule has 0 saturated heterocycles. The number of carbonyl (C=O) groups excluding carboxylic acids is 1. The number of non-ortho nitro benzene ring substituents is 1. The Morgan fingerprint density at radius 1 is 1.17 bits per heavy atom. The molecule has 1 amide bonds. The molecule has 0 aliphatic heterocycles. The lowest BCUT2D eigenvalue weighted by Gasteiger charge is -2.09. The number of carbonyl (C=O) groups is 1. The summed E-state index contributed by atoms with van der Waals surface area (Å²) in [5, 5.41) is 13.5. The molecule has 2 aromatic rings. The van der Waals surface area contributed by atoms with Crippen LogP contribution in [0.3, 0.4) is 0 Å². The molecule has 0 unspecified atom stereocenters. The molecule has 23 heavy (non-hydrogen) atoms. The van der Waals surface area contributed by atoms with Crippen LogP contribution in [0, 0.1) is 10.1 Å². The van der Waals surface area contributed by atoms with Gasteiger partial charge in [-0.25, -0.2) is 0 Å². The molecule has 0 atom stereocenters. The first-order valence-electron chi connectivity index (χ1n) is 6.52. The quantitative estimate of drug-likeness (QED) is 0.487. The minimum Gasteiger partial charge on any atom is -0.323 e. The maximum Gasteiger partial charge on any atom is 0.271 e. The predicted molar refractivity (Wildman–Crippen MR) is 99.7 cm³/mol. The zero-order valence-electron chi connectivity index (χ0n) is 11.8. The molecule has 2 aromatic carbocycles. The number of hydrogen-bond acceptors (Lipinski definition) is 4. The van der Waals surface area contributed by atoms with Crippen LogP contribution in [0.25, 0.3) is 0 Å². The number of amides is 1. The lowest BCUT2D eigenvalue weighted by molar-refractivity contribution is -0.385. The monoisotopic (exact) mass is 458 g/mol. The minimum atomic E-state index is -0.489. The molecular weight excluding hydrogens is 448 g/mol. The van der Waals surface area contributed by atoms with Gasteiger partial charge in [-0.1, -0.05) is 30.3 Å². The van der Waals surface area contributed by atoms with Crippen molar-refractivity contribution in [2.45, 2.75) is 5.75 Å². The Bertz CT molecular complexity index is 703. The van der Waals surface area contributed by atoms with E-state index >= 15 is 0 Å². The smallest absolute Gasteiger partial charge is 0.271 e. The van der Waals surface area contributed by atoms with Gasteiger partial charge in [0.15, 0.2) is 0 Å². The summed E-state index contributed by atoms with van der Waals surface area (Å²) in [6, 6.07) is 12.6. The number of benzene rings is 2. The molecular formula is C15H12Br2N2O3S. The maximum absolute atomic E-state index is 12.0. The van der Waals surface area contributed by atoms with Crippen molar-refractivity contribution in [3.05, 3.63) is 67.1 Å². The van der Waals surface area contributed by atoms with Gasteiger partial charge in [0.25, 0.3) is 5.69 Å². The number of halogens is 2. The summed E-state index contributed by atoms with van der Waals surface area (Å²) in [4.78, 5) is 22.3. The summed E-state index contributed by atoms with van der Waals surface area (Å²) in [6.45, 7) is 0. The highest BCUT2D eigenvalue weighted by molar-refractivity contribution is 9.11. The van der Waals surface area contributed by atoms with Crippen LogP contribution in [0.1, 0.15) is 5.56 Å². The second kappa shape index (κ2) is 8.47. The normalized spacial score (nSPS) is 10.3. The molecule has 0 heterocycles. The van der Waals surface area contributed by atoms with Gasteiger partial charge in [0.05, 0.1) is 16.4 Å². The van der Waals surface area contributed by atoms with Crippen LogP contribution >= 0.6 is 43.6 Å². The highest BCUT2D eigenvalue weighted by Crippen LogP contribution is 2.35. The van der Waals surface area contributed by atoms with E-state index in [-0.39, 0.29) is 11.6 Å². The third kappa shape index (κ3) is 5.33. The van der Waals surface area contributed by atoms with Crippen LogP contribution in [-0.2, 0) is 10.5 Å². The Labute approximate surface area is 154 Å². The van der Waals surface area contributed by atoms with E-state index < -0.39 is 4.92 Å². The second-order valence-electron chi connectivity index (χ2n) is 4.57. The average Bonchev–Trinajstić information content (AvgIpc) is 2.51. The molecule has 0 fully saturated rings. The Morgan fingerprint density at radius 3 is 2.35 bits per heavy atom. The van der Waals surface area contributed by atoms with Crippen molar-refractivity contribution < 1.29 is 9.72 Å². The van der Waals surface area contributed by atoms with Crippen molar-refractivity contribution in [3.8, 4) is 0 Å². The summed E-state index contributed by atoms with van der Waals surface area (Å²) in [5.41, 5.74) is 1.59. The van der Waals surface area contributed by atoms with Crippen molar-refractivity contribution in [1.29, 1.82) is 0 Å². The number of nitrogens with one attached hydrogen (secondary N) is 1. The number of nitro groups is 1. The number of hydrogen-bond donors (Lipinski definition) is 1. The van der Waals surface area contributed by atoms with E-state index in [1.807, 2.05) is 30.3 Å². The lowest BCUT2D eigenvalue weighted by atomic mass is 10.2.